The monoisotopic (exact) mass is 716 g/mol. The molecule has 0 saturated carbocycles. The standard InChI is InChI=1S/C53H36N2O/c1-53(2)45-20-11-19-41(51(45)44-30-37-14-6-7-15-38(37)31-46(44)53)33-22-24-34(25-23-33)47-32-48(55-52(54-47)35-12-4-3-5-13-35)40-17-10-16-36(28-40)39-26-27-50-43(29-39)42-18-8-9-21-49(42)56-50/h3-32H,1-2H3. The number of benzene rings is 8. The predicted molar refractivity (Wildman–Crippen MR) is 232 cm³/mol. The summed E-state index contributed by atoms with van der Waals surface area (Å²) in [6.07, 6.45) is 0. The van der Waals surface area contributed by atoms with E-state index in [0.717, 1.165) is 61.1 Å². The van der Waals surface area contributed by atoms with Gasteiger partial charge in [0.05, 0.1) is 11.4 Å². The molecule has 8 aromatic carbocycles. The Bertz CT molecular complexity index is 3150. The minimum Gasteiger partial charge on any atom is -0.456 e. The Balaban J connectivity index is 0.999. The Morgan fingerprint density at radius 1 is 0.393 bits per heavy atom. The summed E-state index contributed by atoms with van der Waals surface area (Å²) in [4.78, 5) is 10.3. The summed E-state index contributed by atoms with van der Waals surface area (Å²) >= 11 is 0. The van der Waals surface area contributed by atoms with Crippen LogP contribution in [0.25, 0.3) is 100.0 Å². The van der Waals surface area contributed by atoms with E-state index in [4.69, 9.17) is 14.4 Å². The van der Waals surface area contributed by atoms with E-state index in [1.54, 1.807) is 0 Å². The quantitative estimate of drug-likeness (QED) is 0.178. The van der Waals surface area contributed by atoms with Gasteiger partial charge in [0, 0.05) is 32.9 Å². The predicted octanol–water partition coefficient (Wildman–Crippen LogP) is 14.2. The van der Waals surface area contributed by atoms with Crippen LogP contribution in [-0.4, -0.2) is 9.97 Å². The fourth-order valence-corrected chi connectivity index (χ4v) is 8.76. The van der Waals surface area contributed by atoms with Gasteiger partial charge in [0.2, 0.25) is 0 Å². The lowest BCUT2D eigenvalue weighted by atomic mass is 9.81. The van der Waals surface area contributed by atoms with Crippen LogP contribution in [0.15, 0.2) is 186 Å². The largest absolute Gasteiger partial charge is 0.456 e. The molecule has 0 aliphatic heterocycles. The van der Waals surface area contributed by atoms with E-state index < -0.39 is 0 Å². The van der Waals surface area contributed by atoms with Crippen LogP contribution in [0, 0.1) is 0 Å². The Hall–Kier alpha value is -7.10. The molecule has 2 heterocycles. The van der Waals surface area contributed by atoms with Gasteiger partial charge in [-0.1, -0.05) is 153 Å². The maximum atomic E-state index is 6.12. The van der Waals surface area contributed by atoms with Gasteiger partial charge < -0.3 is 4.42 Å². The third-order valence-corrected chi connectivity index (χ3v) is 11.7. The summed E-state index contributed by atoms with van der Waals surface area (Å²) in [7, 11) is 0. The topological polar surface area (TPSA) is 38.9 Å². The van der Waals surface area contributed by atoms with Crippen LogP contribution in [-0.2, 0) is 5.41 Å². The number of hydrogen-bond donors (Lipinski definition) is 0. The molecule has 10 aromatic rings. The molecule has 0 radical (unpaired) electrons. The Labute approximate surface area is 325 Å². The molecule has 0 unspecified atom stereocenters. The molecule has 1 aliphatic rings. The van der Waals surface area contributed by atoms with Gasteiger partial charge in [0.25, 0.3) is 0 Å². The van der Waals surface area contributed by atoms with Crippen molar-refractivity contribution in [1.82, 2.24) is 9.97 Å². The van der Waals surface area contributed by atoms with Crippen LogP contribution >= 0.6 is 0 Å². The smallest absolute Gasteiger partial charge is 0.160 e. The van der Waals surface area contributed by atoms with E-state index >= 15 is 0 Å². The number of nitrogens with zero attached hydrogens (tertiary/aromatic N) is 2. The van der Waals surface area contributed by atoms with Crippen molar-refractivity contribution in [2.45, 2.75) is 19.3 Å². The molecule has 3 heteroatoms. The second-order valence-electron chi connectivity index (χ2n) is 15.4. The maximum Gasteiger partial charge on any atom is 0.160 e. The van der Waals surface area contributed by atoms with Gasteiger partial charge in [-0.3, -0.25) is 0 Å². The molecule has 0 bridgehead atoms. The van der Waals surface area contributed by atoms with Crippen LogP contribution in [0.1, 0.15) is 25.0 Å². The van der Waals surface area contributed by atoms with Crippen LogP contribution in [0.4, 0.5) is 0 Å². The molecule has 0 saturated heterocycles. The zero-order valence-electron chi connectivity index (χ0n) is 31.1. The number of hydrogen-bond acceptors (Lipinski definition) is 3. The molecule has 1 aliphatic carbocycles. The average Bonchev–Trinajstić information content (AvgIpc) is 3.74. The van der Waals surface area contributed by atoms with Crippen molar-refractivity contribution in [3.05, 3.63) is 193 Å². The van der Waals surface area contributed by atoms with Crippen LogP contribution in [0.5, 0.6) is 0 Å². The number of aromatic nitrogens is 2. The fraction of sp³-hybridized carbons (Fsp3) is 0.0566. The van der Waals surface area contributed by atoms with E-state index in [0.29, 0.717) is 5.82 Å². The van der Waals surface area contributed by atoms with Crippen molar-refractivity contribution < 1.29 is 4.42 Å². The lowest BCUT2D eigenvalue weighted by molar-refractivity contribution is 0.661. The highest BCUT2D eigenvalue weighted by Gasteiger charge is 2.37. The van der Waals surface area contributed by atoms with Crippen LogP contribution in [0.3, 0.4) is 0 Å². The molecular formula is C53H36N2O. The highest BCUT2D eigenvalue weighted by Crippen LogP contribution is 2.53. The van der Waals surface area contributed by atoms with Crippen molar-refractivity contribution in [3.8, 4) is 67.3 Å². The molecule has 3 nitrogen and oxygen atoms in total. The van der Waals surface area contributed by atoms with Crippen molar-refractivity contribution in [2.75, 3.05) is 0 Å². The Morgan fingerprint density at radius 2 is 1.02 bits per heavy atom. The normalized spacial score (nSPS) is 13.0. The van der Waals surface area contributed by atoms with Crippen molar-refractivity contribution >= 4 is 32.7 Å². The molecule has 0 amide bonds. The van der Waals surface area contributed by atoms with E-state index in [-0.39, 0.29) is 5.41 Å². The third kappa shape index (κ3) is 5.20. The van der Waals surface area contributed by atoms with E-state index in [2.05, 4.69) is 166 Å². The molecule has 0 spiro atoms. The zero-order valence-corrected chi connectivity index (χ0v) is 31.1. The third-order valence-electron chi connectivity index (χ3n) is 11.7. The Kier molecular flexibility index (Phi) is 7.20. The number of rotatable bonds is 5. The second kappa shape index (κ2) is 12.5. The van der Waals surface area contributed by atoms with Gasteiger partial charge in [-0.05, 0) is 97.7 Å². The summed E-state index contributed by atoms with van der Waals surface area (Å²) in [5.41, 5.74) is 16.6. The Morgan fingerprint density at radius 3 is 1.86 bits per heavy atom. The van der Waals surface area contributed by atoms with Gasteiger partial charge >= 0.3 is 0 Å². The second-order valence-corrected chi connectivity index (χ2v) is 15.4. The number of para-hydroxylation sites is 1. The van der Waals surface area contributed by atoms with Gasteiger partial charge in [0.15, 0.2) is 5.82 Å². The van der Waals surface area contributed by atoms with Gasteiger partial charge in [-0.25, -0.2) is 9.97 Å². The minimum absolute atomic E-state index is 0.0898. The van der Waals surface area contributed by atoms with Gasteiger partial charge in [0.1, 0.15) is 11.2 Å². The first-order chi connectivity index (χ1) is 27.5. The SMILES string of the molecule is CC1(C)c2cc3ccccc3cc2-c2c(-c3ccc(-c4cc(-c5cccc(-c6ccc7oc8ccccc8c7c6)c5)nc(-c5ccccc5)n4)cc3)cccc21. The van der Waals surface area contributed by atoms with Crippen LogP contribution < -0.4 is 0 Å². The first kappa shape index (κ1) is 32.3. The fourth-order valence-electron chi connectivity index (χ4n) is 8.76. The van der Waals surface area contributed by atoms with Crippen molar-refractivity contribution in [1.29, 1.82) is 0 Å². The maximum absolute atomic E-state index is 6.12. The van der Waals surface area contributed by atoms with Gasteiger partial charge in [-0.15, -0.1) is 0 Å². The van der Waals surface area contributed by atoms with Crippen LogP contribution in [0.2, 0.25) is 0 Å². The summed E-state index contributed by atoms with van der Waals surface area (Å²) in [6, 6.07) is 64.8. The number of furan rings is 1. The molecule has 0 N–H and O–H groups in total. The molecule has 11 rings (SSSR count). The van der Waals surface area contributed by atoms with E-state index in [1.165, 1.54) is 44.2 Å². The number of fused-ring (bicyclic) bond motifs is 7. The molecule has 0 atom stereocenters. The summed E-state index contributed by atoms with van der Waals surface area (Å²) < 4.78 is 6.12. The summed E-state index contributed by atoms with van der Waals surface area (Å²) in [5.74, 6) is 0.700. The van der Waals surface area contributed by atoms with Gasteiger partial charge in [-0.2, -0.15) is 0 Å². The highest BCUT2D eigenvalue weighted by molar-refractivity contribution is 6.06. The van der Waals surface area contributed by atoms with E-state index in [1.807, 2.05) is 30.3 Å². The molecule has 0 fully saturated rings. The molecule has 56 heavy (non-hydrogen) atoms. The molecular weight excluding hydrogens is 681 g/mol. The van der Waals surface area contributed by atoms with Crippen molar-refractivity contribution in [3.63, 3.8) is 0 Å². The van der Waals surface area contributed by atoms with E-state index in [9.17, 15) is 0 Å². The average molecular weight is 717 g/mol. The summed E-state index contributed by atoms with van der Waals surface area (Å²) in [6.45, 7) is 4.71. The minimum atomic E-state index is -0.0898. The lowest BCUT2D eigenvalue weighted by Crippen LogP contribution is -2.14. The lowest BCUT2D eigenvalue weighted by Gasteiger charge is -2.22. The first-order valence-corrected chi connectivity index (χ1v) is 19.2. The molecule has 2 aromatic heterocycles. The molecule has 264 valence electrons. The highest BCUT2D eigenvalue weighted by atomic mass is 16.3. The zero-order chi connectivity index (χ0) is 37.4. The summed E-state index contributed by atoms with van der Waals surface area (Å²) in [5, 5.41) is 4.79. The first-order valence-electron chi connectivity index (χ1n) is 19.2. The van der Waals surface area contributed by atoms with Crippen molar-refractivity contribution in [2.24, 2.45) is 0 Å².